The number of sulfonamides is 1. The molecule has 0 bridgehead atoms. The highest BCUT2D eigenvalue weighted by atomic mass is 32.2. The van der Waals surface area contributed by atoms with Gasteiger partial charge in [-0.05, 0) is 67.8 Å². The number of methoxy groups -OCH3 is 1. The lowest BCUT2D eigenvalue weighted by atomic mass is 10.0. The second-order valence-electron chi connectivity index (χ2n) is 11.1. The molecule has 0 unspecified atom stereocenters. The summed E-state index contributed by atoms with van der Waals surface area (Å²) in [7, 11) is -2.58. The summed E-state index contributed by atoms with van der Waals surface area (Å²) in [4.78, 5) is 30.0. The number of rotatable bonds is 14. The van der Waals surface area contributed by atoms with E-state index in [1.165, 1.54) is 17.0 Å². The number of ether oxygens (including phenoxy) is 1. The van der Waals surface area contributed by atoms with Crippen molar-refractivity contribution >= 4 is 27.5 Å². The van der Waals surface area contributed by atoms with E-state index in [9.17, 15) is 18.0 Å². The first kappa shape index (κ1) is 33.3. The number of aryl methyl sites for hydroxylation is 1. The molecule has 9 heteroatoms. The zero-order valence-electron chi connectivity index (χ0n) is 26.2. The zero-order chi connectivity index (χ0) is 32.4. The lowest BCUT2D eigenvalue weighted by Crippen LogP contribution is -2.54. The van der Waals surface area contributed by atoms with Crippen molar-refractivity contribution in [2.24, 2.45) is 0 Å². The topological polar surface area (TPSA) is 96.0 Å². The number of benzene rings is 4. The smallest absolute Gasteiger partial charge is 0.264 e. The fourth-order valence-corrected chi connectivity index (χ4v) is 6.36. The SMILES string of the molecule is CC[C@@H](C)NC(=O)[C@@H](Cc1ccccc1)N(Cc1cccc(OC)c1)C(=O)CN(c1ccc(C)cc1)S(=O)(=O)c1ccccc1. The van der Waals surface area contributed by atoms with Crippen molar-refractivity contribution in [3.63, 3.8) is 0 Å². The van der Waals surface area contributed by atoms with Gasteiger partial charge in [0.1, 0.15) is 18.3 Å². The van der Waals surface area contributed by atoms with Crippen LogP contribution in [0.4, 0.5) is 5.69 Å². The van der Waals surface area contributed by atoms with Crippen molar-refractivity contribution in [3.05, 3.63) is 126 Å². The predicted molar refractivity (Wildman–Crippen MR) is 178 cm³/mol. The van der Waals surface area contributed by atoms with Crippen molar-refractivity contribution < 1.29 is 22.7 Å². The first-order chi connectivity index (χ1) is 21.6. The second kappa shape index (κ2) is 15.4. The molecule has 236 valence electrons. The highest BCUT2D eigenvalue weighted by Crippen LogP contribution is 2.26. The van der Waals surface area contributed by atoms with Crippen LogP contribution in [0.15, 0.2) is 114 Å². The van der Waals surface area contributed by atoms with Crippen LogP contribution < -0.4 is 14.4 Å². The summed E-state index contributed by atoms with van der Waals surface area (Å²) < 4.78 is 34.7. The summed E-state index contributed by atoms with van der Waals surface area (Å²) in [5.74, 6) is -0.216. The first-order valence-corrected chi connectivity index (χ1v) is 16.5. The molecule has 0 aliphatic heterocycles. The Labute approximate surface area is 266 Å². The van der Waals surface area contributed by atoms with Gasteiger partial charge in [-0.1, -0.05) is 85.3 Å². The Bertz CT molecular complexity index is 1660. The molecule has 1 N–H and O–H groups in total. The van der Waals surface area contributed by atoms with Gasteiger partial charge in [-0.3, -0.25) is 13.9 Å². The average molecular weight is 628 g/mol. The number of carbonyl (C=O) groups excluding carboxylic acids is 2. The van der Waals surface area contributed by atoms with Gasteiger partial charge in [0.2, 0.25) is 11.8 Å². The molecule has 0 radical (unpaired) electrons. The molecule has 8 nitrogen and oxygen atoms in total. The Kier molecular flexibility index (Phi) is 11.4. The van der Waals surface area contributed by atoms with Crippen LogP contribution in [0.2, 0.25) is 0 Å². The molecular formula is C36H41N3O5S. The molecule has 0 spiro atoms. The Morgan fingerprint density at radius 1 is 0.844 bits per heavy atom. The van der Waals surface area contributed by atoms with Crippen LogP contribution in [0.3, 0.4) is 0 Å². The van der Waals surface area contributed by atoms with Crippen molar-refractivity contribution in [2.75, 3.05) is 18.0 Å². The molecule has 0 aliphatic carbocycles. The molecule has 4 aromatic rings. The highest BCUT2D eigenvalue weighted by Gasteiger charge is 2.35. The van der Waals surface area contributed by atoms with Gasteiger partial charge in [-0.15, -0.1) is 0 Å². The molecule has 0 aromatic heterocycles. The Hall–Kier alpha value is -4.63. The van der Waals surface area contributed by atoms with Crippen LogP contribution in [0.25, 0.3) is 0 Å². The third-order valence-corrected chi connectivity index (χ3v) is 9.48. The summed E-state index contributed by atoms with van der Waals surface area (Å²) in [6, 6.07) is 30.8. The van der Waals surface area contributed by atoms with Crippen molar-refractivity contribution in [1.29, 1.82) is 0 Å². The summed E-state index contributed by atoms with van der Waals surface area (Å²) in [5.41, 5.74) is 2.91. The number of hydrogen-bond donors (Lipinski definition) is 1. The van der Waals surface area contributed by atoms with Crippen molar-refractivity contribution in [3.8, 4) is 5.75 Å². The van der Waals surface area contributed by atoms with Gasteiger partial charge in [0.25, 0.3) is 10.0 Å². The number of nitrogens with zero attached hydrogens (tertiary/aromatic N) is 2. The Morgan fingerprint density at radius 3 is 2.09 bits per heavy atom. The van der Waals surface area contributed by atoms with Gasteiger partial charge >= 0.3 is 0 Å². The minimum absolute atomic E-state index is 0.0630. The Balaban J connectivity index is 1.81. The van der Waals surface area contributed by atoms with Crippen LogP contribution in [0, 0.1) is 6.92 Å². The number of anilines is 1. The molecular weight excluding hydrogens is 586 g/mol. The lowest BCUT2D eigenvalue weighted by molar-refractivity contribution is -0.140. The monoisotopic (exact) mass is 627 g/mol. The summed E-state index contributed by atoms with van der Waals surface area (Å²) >= 11 is 0. The van der Waals surface area contributed by atoms with Gasteiger partial charge in [0, 0.05) is 19.0 Å². The van der Waals surface area contributed by atoms with Crippen molar-refractivity contribution in [1.82, 2.24) is 10.2 Å². The van der Waals surface area contributed by atoms with Gasteiger partial charge in [-0.25, -0.2) is 8.42 Å². The van der Waals surface area contributed by atoms with Crippen LogP contribution in [-0.4, -0.2) is 50.9 Å². The average Bonchev–Trinajstić information content (AvgIpc) is 3.06. The lowest BCUT2D eigenvalue weighted by Gasteiger charge is -2.34. The van der Waals surface area contributed by atoms with E-state index >= 15 is 0 Å². The molecule has 0 saturated carbocycles. The number of carbonyl (C=O) groups is 2. The molecule has 4 aromatic carbocycles. The standard InChI is InChI=1S/C36H41N3O5S/c1-5-28(3)37-36(41)34(24-29-13-8-6-9-14-29)38(25-30-15-12-16-32(23-30)44-4)35(40)26-39(31-21-19-27(2)20-22-31)45(42,43)33-17-10-7-11-18-33/h6-23,28,34H,5,24-26H2,1-4H3,(H,37,41)/t28-,34-/m1/s1. The molecule has 0 heterocycles. The summed E-state index contributed by atoms with van der Waals surface area (Å²) in [5, 5.41) is 3.05. The van der Waals surface area contributed by atoms with E-state index in [1.807, 2.05) is 69.3 Å². The molecule has 0 saturated heterocycles. The van der Waals surface area contributed by atoms with E-state index in [0.717, 1.165) is 21.0 Å². The molecule has 2 atom stereocenters. The summed E-state index contributed by atoms with van der Waals surface area (Å²) in [6.07, 6.45) is 0.957. The predicted octanol–water partition coefficient (Wildman–Crippen LogP) is 5.75. The van der Waals surface area contributed by atoms with E-state index in [0.29, 0.717) is 17.9 Å². The van der Waals surface area contributed by atoms with Crippen LogP contribution in [0.5, 0.6) is 5.75 Å². The Morgan fingerprint density at radius 2 is 1.47 bits per heavy atom. The van der Waals surface area contributed by atoms with Crippen LogP contribution in [0.1, 0.15) is 37.0 Å². The maximum atomic E-state index is 14.5. The minimum Gasteiger partial charge on any atom is -0.497 e. The van der Waals surface area contributed by atoms with E-state index < -0.39 is 28.5 Å². The van der Waals surface area contributed by atoms with E-state index in [-0.39, 0.29) is 29.8 Å². The number of hydrogen-bond acceptors (Lipinski definition) is 5. The van der Waals surface area contributed by atoms with Crippen LogP contribution in [-0.2, 0) is 32.6 Å². The quantitative estimate of drug-likeness (QED) is 0.192. The molecule has 2 amide bonds. The molecule has 45 heavy (non-hydrogen) atoms. The van der Waals surface area contributed by atoms with Gasteiger partial charge in [0.05, 0.1) is 17.7 Å². The highest BCUT2D eigenvalue weighted by molar-refractivity contribution is 7.92. The fourth-order valence-electron chi connectivity index (χ4n) is 4.92. The summed E-state index contributed by atoms with van der Waals surface area (Å²) in [6.45, 7) is 5.35. The maximum absolute atomic E-state index is 14.5. The minimum atomic E-state index is -4.14. The van der Waals surface area contributed by atoms with E-state index in [4.69, 9.17) is 4.74 Å². The number of nitrogens with one attached hydrogen (secondary N) is 1. The zero-order valence-corrected chi connectivity index (χ0v) is 27.0. The van der Waals surface area contributed by atoms with Gasteiger partial charge < -0.3 is 15.0 Å². The number of amides is 2. The largest absolute Gasteiger partial charge is 0.497 e. The molecule has 0 aliphatic rings. The third kappa shape index (κ3) is 8.73. The second-order valence-corrected chi connectivity index (χ2v) is 12.9. The van der Waals surface area contributed by atoms with Gasteiger partial charge in [-0.2, -0.15) is 0 Å². The van der Waals surface area contributed by atoms with Gasteiger partial charge in [0.15, 0.2) is 0 Å². The van der Waals surface area contributed by atoms with Crippen LogP contribution >= 0.6 is 0 Å². The van der Waals surface area contributed by atoms with E-state index in [1.54, 1.807) is 55.6 Å². The molecule has 4 rings (SSSR count). The van der Waals surface area contributed by atoms with Crippen molar-refractivity contribution in [2.45, 2.75) is 57.1 Å². The maximum Gasteiger partial charge on any atom is 0.264 e. The fraction of sp³-hybridized carbons (Fsp3) is 0.278. The first-order valence-electron chi connectivity index (χ1n) is 15.0. The molecule has 0 fully saturated rings. The van der Waals surface area contributed by atoms with E-state index in [2.05, 4.69) is 5.32 Å². The normalized spacial score (nSPS) is 12.5. The third-order valence-electron chi connectivity index (χ3n) is 7.69.